The first-order chi connectivity index (χ1) is 11.2. The van der Waals surface area contributed by atoms with Crippen LogP contribution in [0.25, 0.3) is 0 Å². The molecule has 0 saturated carbocycles. The van der Waals surface area contributed by atoms with Crippen LogP contribution in [0.2, 0.25) is 0 Å². The Balaban J connectivity index is 1.55. The molecule has 0 spiro atoms. The van der Waals surface area contributed by atoms with Crippen LogP contribution in [-0.2, 0) is 6.54 Å². The van der Waals surface area contributed by atoms with Crippen LogP contribution in [0, 0.1) is 0 Å². The van der Waals surface area contributed by atoms with Crippen molar-refractivity contribution >= 4 is 17.5 Å². The number of carbonyl (C=O) groups excluding carboxylic acids is 2. The summed E-state index contributed by atoms with van der Waals surface area (Å²) in [7, 11) is 0. The molecule has 2 amide bonds. The summed E-state index contributed by atoms with van der Waals surface area (Å²) in [5, 5.41) is 5.55. The van der Waals surface area contributed by atoms with Crippen LogP contribution in [0.15, 0.2) is 65.4 Å². The van der Waals surface area contributed by atoms with Gasteiger partial charge < -0.3 is 20.0 Å². The topological polar surface area (TPSA) is 87.1 Å². The third kappa shape index (κ3) is 3.68. The first-order valence-corrected chi connectivity index (χ1v) is 7.08. The van der Waals surface area contributed by atoms with Gasteiger partial charge in [0.05, 0.1) is 6.26 Å². The van der Waals surface area contributed by atoms with Gasteiger partial charge in [-0.1, -0.05) is 12.1 Å². The summed E-state index contributed by atoms with van der Waals surface area (Å²) in [5.41, 5.74) is 2.11. The molecule has 3 rings (SSSR count). The van der Waals surface area contributed by atoms with E-state index < -0.39 is 0 Å². The highest BCUT2D eigenvalue weighted by Gasteiger charge is 2.09. The Bertz CT molecular complexity index is 775. The predicted octanol–water partition coefficient (Wildman–Crippen LogP) is 2.79. The van der Waals surface area contributed by atoms with Gasteiger partial charge >= 0.3 is 0 Å². The number of hydrogen-bond acceptors (Lipinski definition) is 3. The Labute approximate surface area is 132 Å². The van der Waals surface area contributed by atoms with E-state index in [1.165, 1.54) is 6.26 Å². The van der Waals surface area contributed by atoms with Gasteiger partial charge in [0.2, 0.25) is 0 Å². The molecule has 0 unspecified atom stereocenters. The highest BCUT2D eigenvalue weighted by Crippen LogP contribution is 2.12. The lowest BCUT2D eigenvalue weighted by molar-refractivity contribution is 0.0945. The van der Waals surface area contributed by atoms with Crippen molar-refractivity contribution in [2.45, 2.75) is 6.54 Å². The molecule has 0 aliphatic carbocycles. The Kier molecular flexibility index (Phi) is 4.24. The van der Waals surface area contributed by atoms with Crippen molar-refractivity contribution in [3.63, 3.8) is 0 Å². The van der Waals surface area contributed by atoms with Crippen molar-refractivity contribution < 1.29 is 14.0 Å². The van der Waals surface area contributed by atoms with Crippen molar-refractivity contribution in [2.24, 2.45) is 0 Å². The van der Waals surface area contributed by atoms with Crippen LogP contribution < -0.4 is 10.6 Å². The molecule has 3 N–H and O–H groups in total. The molecule has 0 aliphatic rings. The zero-order valence-corrected chi connectivity index (χ0v) is 12.2. The van der Waals surface area contributed by atoms with Gasteiger partial charge in [0, 0.05) is 18.4 Å². The second kappa shape index (κ2) is 6.65. The summed E-state index contributed by atoms with van der Waals surface area (Å²) in [6.45, 7) is 0.407. The third-order valence-electron chi connectivity index (χ3n) is 3.25. The SMILES string of the molecule is O=C(NCc1ccc(NC(=O)c2ccco2)cc1)c1ccc[nH]1. The molecule has 23 heavy (non-hydrogen) atoms. The molecular formula is C17H15N3O3. The number of carbonyl (C=O) groups is 2. The fraction of sp³-hybridized carbons (Fsp3) is 0.0588. The fourth-order valence-electron chi connectivity index (χ4n) is 2.06. The molecule has 3 aromatic rings. The fourth-order valence-corrected chi connectivity index (χ4v) is 2.06. The molecule has 116 valence electrons. The van der Waals surface area contributed by atoms with Crippen molar-refractivity contribution in [2.75, 3.05) is 5.32 Å². The molecule has 2 heterocycles. The number of rotatable bonds is 5. The van der Waals surface area contributed by atoms with E-state index in [4.69, 9.17) is 4.42 Å². The minimum absolute atomic E-state index is 0.162. The molecule has 0 bridgehead atoms. The molecule has 0 saturated heterocycles. The molecule has 0 aliphatic heterocycles. The number of H-pyrrole nitrogens is 1. The first-order valence-electron chi connectivity index (χ1n) is 7.08. The molecule has 1 aromatic carbocycles. The summed E-state index contributed by atoms with van der Waals surface area (Å²) in [6.07, 6.45) is 3.15. The quantitative estimate of drug-likeness (QED) is 0.677. The van der Waals surface area contributed by atoms with Gasteiger partial charge in [-0.05, 0) is 42.0 Å². The van der Waals surface area contributed by atoms with E-state index in [1.807, 2.05) is 12.1 Å². The summed E-state index contributed by atoms with van der Waals surface area (Å²) in [6, 6.07) is 14.0. The predicted molar refractivity (Wildman–Crippen MR) is 85.1 cm³/mol. The first kappa shape index (κ1) is 14.6. The van der Waals surface area contributed by atoms with Crippen LogP contribution in [0.3, 0.4) is 0 Å². The van der Waals surface area contributed by atoms with Crippen molar-refractivity contribution in [3.8, 4) is 0 Å². The van der Waals surface area contributed by atoms with E-state index in [-0.39, 0.29) is 17.6 Å². The highest BCUT2D eigenvalue weighted by atomic mass is 16.3. The molecule has 6 heteroatoms. The van der Waals surface area contributed by atoms with Gasteiger partial charge in [-0.15, -0.1) is 0 Å². The Morgan fingerprint density at radius 1 is 1.00 bits per heavy atom. The molecule has 0 atom stereocenters. The lowest BCUT2D eigenvalue weighted by Crippen LogP contribution is -2.23. The number of benzene rings is 1. The van der Waals surface area contributed by atoms with Gasteiger partial charge in [0.25, 0.3) is 11.8 Å². The number of aromatic nitrogens is 1. The van der Waals surface area contributed by atoms with Gasteiger partial charge in [-0.2, -0.15) is 0 Å². The lowest BCUT2D eigenvalue weighted by atomic mass is 10.2. The average molecular weight is 309 g/mol. The molecule has 0 radical (unpaired) electrons. The Morgan fingerprint density at radius 3 is 2.48 bits per heavy atom. The van der Waals surface area contributed by atoms with Crippen LogP contribution in [0.4, 0.5) is 5.69 Å². The minimum atomic E-state index is -0.303. The number of amides is 2. The van der Waals surface area contributed by atoms with E-state index in [0.717, 1.165) is 5.56 Å². The maximum atomic E-state index is 11.8. The third-order valence-corrected chi connectivity index (χ3v) is 3.25. The van der Waals surface area contributed by atoms with E-state index >= 15 is 0 Å². The molecule has 2 aromatic heterocycles. The average Bonchev–Trinajstić information content (AvgIpc) is 3.27. The molecule has 0 fully saturated rings. The molecule has 6 nitrogen and oxygen atoms in total. The maximum absolute atomic E-state index is 11.8. The van der Waals surface area contributed by atoms with Crippen molar-refractivity contribution in [1.82, 2.24) is 10.3 Å². The highest BCUT2D eigenvalue weighted by molar-refractivity contribution is 6.02. The Morgan fingerprint density at radius 2 is 1.83 bits per heavy atom. The number of furan rings is 1. The number of aromatic amines is 1. The summed E-state index contributed by atoms with van der Waals surface area (Å²) >= 11 is 0. The minimum Gasteiger partial charge on any atom is -0.459 e. The van der Waals surface area contributed by atoms with Gasteiger partial charge in [-0.25, -0.2) is 0 Å². The second-order valence-corrected chi connectivity index (χ2v) is 4.89. The monoisotopic (exact) mass is 309 g/mol. The summed E-state index contributed by atoms with van der Waals surface area (Å²) in [4.78, 5) is 26.5. The standard InChI is InChI=1S/C17H15N3O3/c21-16(14-3-1-9-18-14)19-11-12-5-7-13(8-6-12)20-17(22)15-4-2-10-23-15/h1-10,18H,11H2,(H,19,21)(H,20,22). The second-order valence-electron chi connectivity index (χ2n) is 4.89. The zero-order valence-electron chi connectivity index (χ0n) is 12.2. The number of anilines is 1. The maximum Gasteiger partial charge on any atom is 0.291 e. The van der Waals surface area contributed by atoms with Crippen molar-refractivity contribution in [1.29, 1.82) is 0 Å². The van der Waals surface area contributed by atoms with E-state index in [1.54, 1.807) is 42.6 Å². The van der Waals surface area contributed by atoms with Gasteiger partial charge in [0.1, 0.15) is 5.69 Å². The van der Waals surface area contributed by atoms with Crippen LogP contribution in [-0.4, -0.2) is 16.8 Å². The largest absolute Gasteiger partial charge is 0.459 e. The zero-order chi connectivity index (χ0) is 16.1. The van der Waals surface area contributed by atoms with Crippen molar-refractivity contribution in [3.05, 3.63) is 78.0 Å². The number of hydrogen-bond donors (Lipinski definition) is 3. The van der Waals surface area contributed by atoms with E-state index in [0.29, 0.717) is 17.9 Å². The normalized spacial score (nSPS) is 10.3. The van der Waals surface area contributed by atoms with Gasteiger partial charge in [0.15, 0.2) is 5.76 Å². The smallest absolute Gasteiger partial charge is 0.291 e. The molecular weight excluding hydrogens is 294 g/mol. The lowest BCUT2D eigenvalue weighted by Gasteiger charge is -2.06. The Hall–Kier alpha value is -3.28. The van der Waals surface area contributed by atoms with Crippen LogP contribution >= 0.6 is 0 Å². The summed E-state index contributed by atoms with van der Waals surface area (Å²) < 4.78 is 5.03. The summed E-state index contributed by atoms with van der Waals surface area (Å²) in [5.74, 6) is -0.208. The van der Waals surface area contributed by atoms with Crippen LogP contribution in [0.1, 0.15) is 26.6 Å². The van der Waals surface area contributed by atoms with Gasteiger partial charge in [-0.3, -0.25) is 9.59 Å². The number of nitrogens with one attached hydrogen (secondary N) is 3. The van der Waals surface area contributed by atoms with E-state index in [2.05, 4.69) is 15.6 Å². The van der Waals surface area contributed by atoms with E-state index in [9.17, 15) is 9.59 Å². The van der Waals surface area contributed by atoms with Crippen LogP contribution in [0.5, 0.6) is 0 Å².